The van der Waals surface area contributed by atoms with E-state index in [0.29, 0.717) is 24.3 Å². The number of hydrogen-bond donors (Lipinski definition) is 1. The van der Waals surface area contributed by atoms with Crippen LogP contribution < -0.4 is 10.1 Å². The smallest absolute Gasteiger partial charge is 0.241 e. The van der Waals surface area contributed by atoms with Crippen molar-refractivity contribution in [2.75, 3.05) is 7.11 Å². The molecule has 0 spiro atoms. The highest BCUT2D eigenvalue weighted by atomic mass is 16.5. The molecule has 0 saturated heterocycles. The summed E-state index contributed by atoms with van der Waals surface area (Å²) in [6, 6.07) is 10.6. The van der Waals surface area contributed by atoms with Crippen LogP contribution in [-0.4, -0.2) is 28.8 Å². The minimum Gasteiger partial charge on any atom is -0.497 e. The van der Waals surface area contributed by atoms with Crippen molar-refractivity contribution in [1.82, 2.24) is 15.1 Å². The largest absolute Gasteiger partial charge is 0.497 e. The van der Waals surface area contributed by atoms with E-state index in [4.69, 9.17) is 4.74 Å². The molecule has 1 N–H and O–H groups in total. The number of ether oxygens (including phenoxy) is 1. The molecule has 1 aromatic heterocycles. The summed E-state index contributed by atoms with van der Waals surface area (Å²) in [5.41, 5.74) is 3.29. The summed E-state index contributed by atoms with van der Waals surface area (Å²) >= 11 is 0. The predicted molar refractivity (Wildman–Crippen MR) is 105 cm³/mol. The van der Waals surface area contributed by atoms with Gasteiger partial charge in [-0.3, -0.25) is 9.48 Å². The molecule has 5 nitrogen and oxygen atoms in total. The second kappa shape index (κ2) is 7.37. The van der Waals surface area contributed by atoms with Gasteiger partial charge in [-0.2, -0.15) is 5.10 Å². The van der Waals surface area contributed by atoms with Gasteiger partial charge in [0.1, 0.15) is 12.3 Å². The van der Waals surface area contributed by atoms with Gasteiger partial charge in [-0.15, -0.1) is 0 Å². The lowest BCUT2D eigenvalue weighted by Crippen LogP contribution is -2.59. The standard InChI is InChI=1S/C22H29N3O2/c1-14-12-15(2)25(24-14)13-20(26)23-22-19-7-5-4-6-18(19)21(22)16-8-10-17(27-3)11-9-16/h8-12,18-19,21-22H,4-7,13H2,1-3H3,(H,23,26)/t18-,19-,21-,22-/m0/s1. The molecule has 0 unspecified atom stereocenters. The Morgan fingerprint density at radius 1 is 1.19 bits per heavy atom. The molecular weight excluding hydrogens is 338 g/mol. The zero-order valence-corrected chi connectivity index (χ0v) is 16.4. The number of amides is 1. The number of nitrogens with zero attached hydrogens (tertiary/aromatic N) is 2. The molecule has 2 aromatic rings. The normalized spacial score (nSPS) is 26.8. The lowest BCUT2D eigenvalue weighted by atomic mass is 9.53. The Bertz CT molecular complexity index is 811. The summed E-state index contributed by atoms with van der Waals surface area (Å²) in [6.45, 7) is 4.25. The third-order valence-corrected chi connectivity index (χ3v) is 6.41. The second-order valence-corrected chi connectivity index (χ2v) is 8.09. The Morgan fingerprint density at radius 3 is 2.52 bits per heavy atom. The quantitative estimate of drug-likeness (QED) is 0.878. The SMILES string of the molecule is COc1ccc([C@H]2[C@H]3CCCC[C@@H]3[C@@H]2NC(=O)Cn2nc(C)cc2C)cc1. The lowest BCUT2D eigenvalue weighted by molar-refractivity contribution is -0.125. The van der Waals surface area contributed by atoms with Crippen LogP contribution in [0.25, 0.3) is 0 Å². The number of aromatic nitrogens is 2. The number of benzene rings is 1. The van der Waals surface area contributed by atoms with Gasteiger partial charge in [-0.25, -0.2) is 0 Å². The van der Waals surface area contributed by atoms with Crippen molar-refractivity contribution in [3.8, 4) is 5.75 Å². The first-order valence-corrected chi connectivity index (χ1v) is 10.0. The highest BCUT2D eigenvalue weighted by Crippen LogP contribution is 2.54. The first-order chi connectivity index (χ1) is 13.1. The van der Waals surface area contributed by atoms with Gasteiger partial charge in [-0.1, -0.05) is 25.0 Å². The van der Waals surface area contributed by atoms with Gasteiger partial charge in [-0.05, 0) is 62.3 Å². The van der Waals surface area contributed by atoms with Gasteiger partial charge >= 0.3 is 0 Å². The molecule has 2 saturated carbocycles. The van der Waals surface area contributed by atoms with Crippen LogP contribution in [0.2, 0.25) is 0 Å². The topological polar surface area (TPSA) is 56.1 Å². The van der Waals surface area contributed by atoms with E-state index in [1.165, 1.54) is 31.2 Å². The summed E-state index contributed by atoms with van der Waals surface area (Å²) in [4.78, 5) is 12.7. The average molecular weight is 367 g/mol. The number of carbonyl (C=O) groups excluding carboxylic acids is 1. The summed E-state index contributed by atoms with van der Waals surface area (Å²) < 4.78 is 7.09. The van der Waals surface area contributed by atoms with E-state index in [2.05, 4.69) is 22.5 Å². The van der Waals surface area contributed by atoms with Gasteiger partial charge in [0.25, 0.3) is 0 Å². The zero-order valence-electron chi connectivity index (χ0n) is 16.4. The molecular formula is C22H29N3O2. The summed E-state index contributed by atoms with van der Waals surface area (Å²) in [5, 5.41) is 7.77. The third kappa shape index (κ3) is 3.47. The van der Waals surface area contributed by atoms with E-state index < -0.39 is 0 Å². The molecule has 0 radical (unpaired) electrons. The van der Waals surface area contributed by atoms with Gasteiger partial charge in [0, 0.05) is 17.7 Å². The van der Waals surface area contributed by atoms with Crippen LogP contribution in [0, 0.1) is 25.7 Å². The molecule has 1 heterocycles. The molecule has 2 aliphatic rings. The van der Waals surface area contributed by atoms with Crippen molar-refractivity contribution in [3.05, 3.63) is 47.3 Å². The number of aryl methyl sites for hydroxylation is 2. The number of methoxy groups -OCH3 is 1. The summed E-state index contributed by atoms with van der Waals surface area (Å²) in [7, 11) is 1.69. The Balaban J connectivity index is 1.49. The molecule has 2 aliphatic carbocycles. The molecule has 0 aliphatic heterocycles. The molecule has 0 bridgehead atoms. The van der Waals surface area contributed by atoms with E-state index in [1.54, 1.807) is 11.8 Å². The maximum atomic E-state index is 12.7. The van der Waals surface area contributed by atoms with Crippen LogP contribution in [0.5, 0.6) is 5.75 Å². The maximum Gasteiger partial charge on any atom is 0.241 e. The second-order valence-electron chi connectivity index (χ2n) is 8.09. The fourth-order valence-electron chi connectivity index (χ4n) is 5.15. The van der Waals surface area contributed by atoms with Crippen LogP contribution in [-0.2, 0) is 11.3 Å². The molecule has 4 atom stereocenters. The molecule has 2 fully saturated rings. The molecule has 4 rings (SSSR count). The first kappa shape index (κ1) is 18.1. The van der Waals surface area contributed by atoms with Crippen LogP contribution in [0.3, 0.4) is 0 Å². The summed E-state index contributed by atoms with van der Waals surface area (Å²) in [6.07, 6.45) is 5.08. The van der Waals surface area contributed by atoms with Gasteiger partial charge in [0.15, 0.2) is 0 Å². The van der Waals surface area contributed by atoms with E-state index in [-0.39, 0.29) is 11.9 Å². The number of hydrogen-bond acceptors (Lipinski definition) is 3. The number of fused-ring (bicyclic) bond motifs is 1. The van der Waals surface area contributed by atoms with Crippen molar-refractivity contribution in [2.24, 2.45) is 11.8 Å². The molecule has 27 heavy (non-hydrogen) atoms. The molecule has 5 heteroatoms. The van der Waals surface area contributed by atoms with E-state index in [1.807, 2.05) is 32.0 Å². The number of nitrogens with one attached hydrogen (secondary N) is 1. The maximum absolute atomic E-state index is 12.7. The van der Waals surface area contributed by atoms with Crippen molar-refractivity contribution >= 4 is 5.91 Å². The van der Waals surface area contributed by atoms with Crippen LogP contribution in [0.1, 0.15) is 48.6 Å². The average Bonchev–Trinajstić information content (AvgIpc) is 2.97. The van der Waals surface area contributed by atoms with Crippen LogP contribution >= 0.6 is 0 Å². The fraction of sp³-hybridized carbons (Fsp3) is 0.545. The van der Waals surface area contributed by atoms with Crippen molar-refractivity contribution in [2.45, 2.75) is 58.0 Å². The van der Waals surface area contributed by atoms with Crippen molar-refractivity contribution in [3.63, 3.8) is 0 Å². The van der Waals surface area contributed by atoms with Crippen molar-refractivity contribution < 1.29 is 9.53 Å². The first-order valence-electron chi connectivity index (χ1n) is 10.0. The molecule has 144 valence electrons. The lowest BCUT2D eigenvalue weighted by Gasteiger charge is -2.55. The minimum atomic E-state index is 0.0636. The third-order valence-electron chi connectivity index (χ3n) is 6.41. The number of rotatable bonds is 5. The minimum absolute atomic E-state index is 0.0636. The summed E-state index contributed by atoms with van der Waals surface area (Å²) in [5.74, 6) is 2.64. The Hall–Kier alpha value is -2.30. The highest BCUT2D eigenvalue weighted by molar-refractivity contribution is 5.76. The Labute approximate surface area is 161 Å². The predicted octanol–water partition coefficient (Wildman–Crippen LogP) is 3.60. The van der Waals surface area contributed by atoms with E-state index in [0.717, 1.165) is 17.1 Å². The van der Waals surface area contributed by atoms with E-state index >= 15 is 0 Å². The van der Waals surface area contributed by atoms with Gasteiger partial charge in [0.2, 0.25) is 5.91 Å². The molecule has 1 aromatic carbocycles. The van der Waals surface area contributed by atoms with Gasteiger partial charge in [0.05, 0.1) is 12.8 Å². The van der Waals surface area contributed by atoms with Gasteiger partial charge < -0.3 is 10.1 Å². The zero-order chi connectivity index (χ0) is 19.0. The number of carbonyl (C=O) groups is 1. The van der Waals surface area contributed by atoms with Crippen LogP contribution in [0.15, 0.2) is 30.3 Å². The molecule has 1 amide bonds. The Morgan fingerprint density at radius 2 is 1.89 bits per heavy atom. The van der Waals surface area contributed by atoms with E-state index in [9.17, 15) is 4.79 Å². The highest BCUT2D eigenvalue weighted by Gasteiger charge is 2.51. The Kier molecular flexibility index (Phi) is 4.94. The van der Waals surface area contributed by atoms with Crippen molar-refractivity contribution in [1.29, 1.82) is 0 Å². The van der Waals surface area contributed by atoms with Crippen LogP contribution in [0.4, 0.5) is 0 Å². The monoisotopic (exact) mass is 367 g/mol. The fourth-order valence-corrected chi connectivity index (χ4v) is 5.15.